The Morgan fingerprint density at radius 2 is 1.91 bits per heavy atom. The van der Waals surface area contributed by atoms with Gasteiger partial charge in [0, 0.05) is 50.8 Å². The fourth-order valence-electron chi connectivity index (χ4n) is 5.50. The number of aromatic nitrogens is 4. The molecule has 2 saturated heterocycles. The highest BCUT2D eigenvalue weighted by Crippen LogP contribution is 2.35. The standard InChI is InChI=1S/C27H30F6N8O3/c1-14(27(31,32)33)25(43)40-11-17(28)18(12-40)38-23(42)20-16(3-6-35-24(20)44-2)19-9-15(21-22(34)36-13-37-41(19)21)10-39-7-4-26(29,30)5-8-39/h3,6,9,13-14,17-18H,4-5,7-8,10-12H2,1-2H3,(H,38,42)(H2,34,36,37)/t14?,17-,18+/m0/s1. The Morgan fingerprint density at radius 3 is 2.57 bits per heavy atom. The number of piperidine rings is 1. The van der Waals surface area contributed by atoms with E-state index in [1.54, 1.807) is 6.07 Å². The molecule has 2 amide bonds. The van der Waals surface area contributed by atoms with E-state index in [0.717, 1.165) is 4.90 Å². The lowest BCUT2D eigenvalue weighted by Crippen LogP contribution is -2.43. The number of fused-ring (bicyclic) bond motifs is 1. The summed E-state index contributed by atoms with van der Waals surface area (Å²) in [4.78, 5) is 36.7. The molecule has 44 heavy (non-hydrogen) atoms. The van der Waals surface area contributed by atoms with E-state index in [1.807, 2.05) is 4.90 Å². The topological polar surface area (TPSA) is 131 Å². The molecule has 17 heteroatoms. The number of likely N-dealkylation sites (tertiary alicyclic amines) is 2. The number of methoxy groups -OCH3 is 1. The van der Waals surface area contributed by atoms with Gasteiger partial charge in [-0.2, -0.15) is 18.3 Å². The lowest BCUT2D eigenvalue weighted by atomic mass is 10.0. The van der Waals surface area contributed by atoms with Crippen molar-refractivity contribution in [3.05, 3.63) is 35.8 Å². The zero-order chi connectivity index (χ0) is 32.0. The molecule has 0 aliphatic carbocycles. The van der Waals surface area contributed by atoms with Gasteiger partial charge in [-0.15, -0.1) is 0 Å². The van der Waals surface area contributed by atoms with Crippen LogP contribution in [0, 0.1) is 5.92 Å². The zero-order valence-corrected chi connectivity index (χ0v) is 23.7. The van der Waals surface area contributed by atoms with Gasteiger partial charge < -0.3 is 20.7 Å². The number of alkyl halides is 6. The minimum absolute atomic E-state index is 0.111. The number of carbonyl (C=O) groups is 2. The first-order valence-electron chi connectivity index (χ1n) is 13.7. The van der Waals surface area contributed by atoms with Gasteiger partial charge >= 0.3 is 6.18 Å². The Bertz CT molecular complexity index is 1550. The highest BCUT2D eigenvalue weighted by Gasteiger charge is 2.46. The summed E-state index contributed by atoms with van der Waals surface area (Å²) < 4.78 is 88.5. The number of carbonyl (C=O) groups excluding carboxylic acids is 2. The van der Waals surface area contributed by atoms with Crippen LogP contribution in [0.15, 0.2) is 24.7 Å². The molecule has 238 valence electrons. The van der Waals surface area contributed by atoms with E-state index in [2.05, 4.69) is 20.4 Å². The van der Waals surface area contributed by atoms with Crippen LogP contribution >= 0.6 is 0 Å². The van der Waals surface area contributed by atoms with Crippen molar-refractivity contribution in [2.45, 2.75) is 50.6 Å². The molecule has 5 heterocycles. The number of rotatable bonds is 7. The van der Waals surface area contributed by atoms with Gasteiger partial charge in [0.2, 0.25) is 11.8 Å². The third-order valence-electron chi connectivity index (χ3n) is 7.99. The van der Waals surface area contributed by atoms with Crippen molar-refractivity contribution in [1.82, 2.24) is 34.7 Å². The minimum atomic E-state index is -4.80. The monoisotopic (exact) mass is 628 g/mol. The molecule has 0 aromatic carbocycles. The first-order chi connectivity index (χ1) is 20.7. The number of halogens is 6. The van der Waals surface area contributed by atoms with Gasteiger partial charge in [-0.25, -0.2) is 27.7 Å². The molecule has 1 unspecified atom stereocenters. The van der Waals surface area contributed by atoms with Gasteiger partial charge in [0.25, 0.3) is 11.8 Å². The largest absolute Gasteiger partial charge is 0.480 e. The van der Waals surface area contributed by atoms with Crippen molar-refractivity contribution in [3.63, 3.8) is 0 Å². The van der Waals surface area contributed by atoms with Gasteiger partial charge in [-0.05, 0) is 24.6 Å². The second-order valence-electron chi connectivity index (χ2n) is 10.9. The third-order valence-corrected chi connectivity index (χ3v) is 7.99. The molecular formula is C27H30F6N8O3. The molecule has 2 fully saturated rings. The van der Waals surface area contributed by atoms with Crippen molar-refractivity contribution in [3.8, 4) is 17.1 Å². The number of nitrogen functional groups attached to an aromatic ring is 1. The fraction of sp³-hybridized carbons (Fsp3) is 0.519. The van der Waals surface area contributed by atoms with Crippen LogP contribution in [0.3, 0.4) is 0 Å². The predicted octanol–water partition coefficient (Wildman–Crippen LogP) is 3.09. The highest BCUT2D eigenvalue weighted by molar-refractivity contribution is 6.03. The second-order valence-corrected chi connectivity index (χ2v) is 10.9. The number of pyridine rings is 1. The first kappa shape index (κ1) is 31.3. The molecule has 0 saturated carbocycles. The van der Waals surface area contributed by atoms with Crippen molar-refractivity contribution in [1.29, 1.82) is 0 Å². The van der Waals surface area contributed by atoms with Gasteiger partial charge in [0.15, 0.2) is 5.82 Å². The van der Waals surface area contributed by atoms with Crippen LogP contribution in [0.1, 0.15) is 35.7 Å². The summed E-state index contributed by atoms with van der Waals surface area (Å²) in [5.41, 5.74) is 7.65. The van der Waals surface area contributed by atoms with Gasteiger partial charge in [0.05, 0.1) is 25.4 Å². The summed E-state index contributed by atoms with van der Waals surface area (Å²) in [7, 11) is 1.27. The molecule has 0 bridgehead atoms. The van der Waals surface area contributed by atoms with Crippen molar-refractivity contribution >= 4 is 23.1 Å². The molecular weight excluding hydrogens is 598 g/mol. The Morgan fingerprint density at radius 1 is 1.20 bits per heavy atom. The third kappa shape index (κ3) is 6.09. The van der Waals surface area contributed by atoms with E-state index >= 15 is 0 Å². The maximum atomic E-state index is 14.9. The maximum absolute atomic E-state index is 14.9. The number of hydrogen-bond donors (Lipinski definition) is 2. The van der Waals surface area contributed by atoms with E-state index in [-0.39, 0.29) is 55.3 Å². The van der Waals surface area contributed by atoms with Gasteiger partial charge in [-0.3, -0.25) is 14.5 Å². The quantitative estimate of drug-likeness (QED) is 0.382. The van der Waals surface area contributed by atoms with Crippen molar-refractivity contribution < 1.29 is 40.7 Å². The Hall–Kier alpha value is -4.15. The molecule has 3 aromatic heterocycles. The van der Waals surface area contributed by atoms with Gasteiger partial charge in [-0.1, -0.05) is 0 Å². The van der Waals surface area contributed by atoms with E-state index in [0.29, 0.717) is 23.7 Å². The number of nitrogens with two attached hydrogens (primary N) is 1. The smallest absolute Gasteiger partial charge is 0.400 e. The molecule has 3 N–H and O–H groups in total. The number of hydrogen-bond acceptors (Lipinski definition) is 8. The minimum Gasteiger partial charge on any atom is -0.480 e. The van der Waals surface area contributed by atoms with E-state index in [9.17, 15) is 35.9 Å². The molecule has 3 atom stereocenters. The van der Waals surface area contributed by atoms with Crippen LogP contribution in [-0.4, -0.2) is 98.8 Å². The zero-order valence-electron chi connectivity index (χ0n) is 23.7. The van der Waals surface area contributed by atoms with Crippen LogP contribution in [0.4, 0.5) is 32.2 Å². The average Bonchev–Trinajstić information content (AvgIpc) is 3.53. The molecule has 2 aliphatic heterocycles. The molecule has 5 rings (SSSR count). The van der Waals surface area contributed by atoms with Gasteiger partial charge in [0.1, 0.15) is 29.5 Å². The number of ether oxygens (including phenoxy) is 1. The van der Waals surface area contributed by atoms with Crippen LogP contribution in [0.25, 0.3) is 16.8 Å². The predicted molar refractivity (Wildman–Crippen MR) is 145 cm³/mol. The molecule has 3 aromatic rings. The number of amides is 2. The summed E-state index contributed by atoms with van der Waals surface area (Å²) in [6, 6.07) is 1.87. The summed E-state index contributed by atoms with van der Waals surface area (Å²) >= 11 is 0. The van der Waals surface area contributed by atoms with E-state index < -0.39 is 55.1 Å². The summed E-state index contributed by atoms with van der Waals surface area (Å²) in [6.07, 6.45) is -4.65. The Kier molecular flexibility index (Phi) is 8.35. The lowest BCUT2D eigenvalue weighted by Gasteiger charge is -2.31. The number of nitrogens with zero attached hydrogens (tertiary/aromatic N) is 6. The van der Waals surface area contributed by atoms with E-state index in [4.69, 9.17) is 10.5 Å². The average molecular weight is 629 g/mol. The van der Waals surface area contributed by atoms with Crippen LogP contribution in [0.2, 0.25) is 0 Å². The normalized spacial score (nSPS) is 21.4. The van der Waals surface area contributed by atoms with Crippen LogP contribution < -0.4 is 15.8 Å². The Labute approximate surface area is 247 Å². The highest BCUT2D eigenvalue weighted by atomic mass is 19.4. The molecule has 11 nitrogen and oxygen atoms in total. The SMILES string of the molecule is COc1nccc(-c2cc(CN3CCC(F)(F)CC3)c3c(N)ncnn23)c1C(=O)N[C@@H]1CN(C(=O)C(C)C(F)(F)F)C[C@@H]1F. The summed E-state index contributed by atoms with van der Waals surface area (Å²) in [6.45, 7) is 0.148. The van der Waals surface area contributed by atoms with Crippen LogP contribution in [-0.2, 0) is 11.3 Å². The maximum Gasteiger partial charge on any atom is 0.400 e. The molecule has 0 spiro atoms. The molecule has 0 radical (unpaired) electrons. The van der Waals surface area contributed by atoms with Crippen molar-refractivity contribution in [2.24, 2.45) is 5.92 Å². The van der Waals surface area contributed by atoms with E-state index in [1.165, 1.54) is 30.2 Å². The lowest BCUT2D eigenvalue weighted by molar-refractivity contribution is -0.185. The summed E-state index contributed by atoms with van der Waals surface area (Å²) in [5.74, 6) is -7.24. The first-order valence-corrected chi connectivity index (χ1v) is 13.7. The fourth-order valence-corrected chi connectivity index (χ4v) is 5.50. The molecule has 2 aliphatic rings. The second kappa shape index (κ2) is 11.7. The summed E-state index contributed by atoms with van der Waals surface area (Å²) in [5, 5.41) is 6.77. The van der Waals surface area contributed by atoms with Crippen LogP contribution in [0.5, 0.6) is 5.88 Å². The van der Waals surface area contributed by atoms with Crippen molar-refractivity contribution in [2.75, 3.05) is 39.0 Å². The Balaban J connectivity index is 1.46. The number of nitrogens with one attached hydrogen (secondary N) is 1. The number of anilines is 1.